The molecular formula is C10H20Cl2N4O. The molecular weight excluding hydrogens is 263 g/mol. The molecule has 0 bridgehead atoms. The van der Waals surface area contributed by atoms with Crippen LogP contribution >= 0.6 is 24.8 Å². The molecule has 0 saturated carbocycles. The fourth-order valence-corrected chi connectivity index (χ4v) is 1.85. The molecule has 2 rings (SSSR count). The van der Waals surface area contributed by atoms with Crippen molar-refractivity contribution in [3.05, 3.63) is 17.5 Å². The maximum atomic E-state index is 5.67. The van der Waals surface area contributed by atoms with Gasteiger partial charge in [-0.2, -0.15) is 5.10 Å². The molecule has 0 radical (unpaired) electrons. The smallest absolute Gasteiger partial charge is 0.0594 e. The summed E-state index contributed by atoms with van der Waals surface area (Å²) in [5.74, 6) is 0. The lowest BCUT2D eigenvalue weighted by Crippen LogP contribution is -2.36. The van der Waals surface area contributed by atoms with Crippen molar-refractivity contribution >= 4 is 24.8 Å². The number of halogens is 2. The summed E-state index contributed by atoms with van der Waals surface area (Å²) in [6.07, 6.45) is 1.86. The average molecular weight is 283 g/mol. The van der Waals surface area contributed by atoms with Crippen LogP contribution in [0.4, 0.5) is 0 Å². The molecule has 2 N–H and O–H groups in total. The molecule has 17 heavy (non-hydrogen) atoms. The van der Waals surface area contributed by atoms with Crippen LogP contribution in [-0.2, 0) is 24.9 Å². The van der Waals surface area contributed by atoms with Crippen molar-refractivity contribution in [2.24, 2.45) is 12.8 Å². The van der Waals surface area contributed by atoms with Crippen LogP contribution in [0.1, 0.15) is 11.3 Å². The largest absolute Gasteiger partial charge is 0.379 e. The normalized spacial score (nSPS) is 16.1. The highest BCUT2D eigenvalue weighted by Gasteiger charge is 2.14. The van der Waals surface area contributed by atoms with Crippen molar-refractivity contribution in [2.75, 3.05) is 26.3 Å². The van der Waals surface area contributed by atoms with Gasteiger partial charge in [0.05, 0.1) is 25.1 Å². The van der Waals surface area contributed by atoms with E-state index in [1.165, 1.54) is 5.69 Å². The third-order valence-corrected chi connectivity index (χ3v) is 2.85. The van der Waals surface area contributed by atoms with Gasteiger partial charge in [0.25, 0.3) is 0 Å². The fraction of sp³-hybridized carbons (Fsp3) is 0.700. The first kappa shape index (κ1) is 16.7. The fourth-order valence-electron chi connectivity index (χ4n) is 1.85. The molecule has 0 spiro atoms. The number of aryl methyl sites for hydroxylation is 1. The van der Waals surface area contributed by atoms with E-state index >= 15 is 0 Å². The van der Waals surface area contributed by atoms with E-state index in [0.717, 1.165) is 38.4 Å². The minimum Gasteiger partial charge on any atom is -0.379 e. The summed E-state index contributed by atoms with van der Waals surface area (Å²) >= 11 is 0. The molecule has 1 aliphatic heterocycles. The van der Waals surface area contributed by atoms with Gasteiger partial charge in [0.15, 0.2) is 0 Å². The van der Waals surface area contributed by atoms with Gasteiger partial charge in [0.1, 0.15) is 0 Å². The van der Waals surface area contributed by atoms with Gasteiger partial charge in [-0.15, -0.1) is 24.8 Å². The molecule has 0 aromatic carbocycles. The van der Waals surface area contributed by atoms with E-state index in [4.69, 9.17) is 10.5 Å². The Morgan fingerprint density at radius 1 is 1.35 bits per heavy atom. The first-order valence-corrected chi connectivity index (χ1v) is 5.31. The summed E-state index contributed by atoms with van der Waals surface area (Å²) in [5, 5.41) is 4.23. The molecule has 1 aliphatic rings. The lowest BCUT2D eigenvalue weighted by molar-refractivity contribution is 0.0330. The Kier molecular flexibility index (Phi) is 7.74. The molecule has 1 saturated heterocycles. The Labute approximate surface area is 114 Å². The molecule has 2 heterocycles. The SMILES string of the molecule is Cl.Cl.Cn1ncc(CN)c1CN1CCOCC1. The van der Waals surface area contributed by atoms with Crippen LogP contribution in [0.5, 0.6) is 0 Å². The topological polar surface area (TPSA) is 56.3 Å². The second-order valence-corrected chi connectivity index (χ2v) is 3.83. The van der Waals surface area contributed by atoms with Crippen LogP contribution in [0.2, 0.25) is 0 Å². The van der Waals surface area contributed by atoms with Crippen molar-refractivity contribution in [3.63, 3.8) is 0 Å². The first-order chi connectivity index (χ1) is 7.31. The van der Waals surface area contributed by atoms with E-state index < -0.39 is 0 Å². The van der Waals surface area contributed by atoms with Gasteiger partial charge in [0, 0.05) is 38.8 Å². The number of rotatable bonds is 3. The van der Waals surface area contributed by atoms with Gasteiger partial charge < -0.3 is 10.5 Å². The number of morpholine rings is 1. The van der Waals surface area contributed by atoms with Crippen LogP contribution in [0.15, 0.2) is 6.20 Å². The maximum absolute atomic E-state index is 5.67. The van der Waals surface area contributed by atoms with Crippen molar-refractivity contribution in [3.8, 4) is 0 Å². The highest BCUT2D eigenvalue weighted by Crippen LogP contribution is 2.11. The molecule has 0 atom stereocenters. The van der Waals surface area contributed by atoms with E-state index in [1.54, 1.807) is 0 Å². The van der Waals surface area contributed by atoms with Crippen LogP contribution in [-0.4, -0.2) is 41.0 Å². The zero-order valence-corrected chi connectivity index (χ0v) is 11.6. The third kappa shape index (κ3) is 4.12. The Morgan fingerprint density at radius 2 is 2.00 bits per heavy atom. The van der Waals surface area contributed by atoms with E-state index in [2.05, 4.69) is 10.00 Å². The summed E-state index contributed by atoms with van der Waals surface area (Å²) in [5.41, 5.74) is 8.04. The van der Waals surface area contributed by atoms with Gasteiger partial charge in [-0.05, 0) is 0 Å². The van der Waals surface area contributed by atoms with Crippen molar-refractivity contribution in [1.29, 1.82) is 0 Å². The van der Waals surface area contributed by atoms with Gasteiger partial charge in [-0.3, -0.25) is 9.58 Å². The van der Waals surface area contributed by atoms with Gasteiger partial charge in [-0.1, -0.05) is 0 Å². The molecule has 100 valence electrons. The monoisotopic (exact) mass is 282 g/mol. The summed E-state index contributed by atoms with van der Waals surface area (Å²) < 4.78 is 7.23. The summed E-state index contributed by atoms with van der Waals surface area (Å²) in [6.45, 7) is 5.13. The zero-order valence-electron chi connectivity index (χ0n) is 9.96. The molecule has 0 unspecified atom stereocenters. The Hall–Kier alpha value is -0.330. The molecule has 1 aromatic heterocycles. The van der Waals surface area contributed by atoms with Crippen molar-refractivity contribution in [1.82, 2.24) is 14.7 Å². The Balaban J connectivity index is 0.00000128. The third-order valence-electron chi connectivity index (χ3n) is 2.85. The summed E-state index contributed by atoms with van der Waals surface area (Å²) in [4.78, 5) is 2.37. The molecule has 0 amide bonds. The predicted octanol–water partition coefficient (Wildman–Crippen LogP) is 0.555. The van der Waals surface area contributed by atoms with E-state index in [9.17, 15) is 0 Å². The first-order valence-electron chi connectivity index (χ1n) is 5.31. The Bertz CT molecular complexity index is 326. The summed E-state index contributed by atoms with van der Waals surface area (Å²) in [6, 6.07) is 0. The number of aromatic nitrogens is 2. The van der Waals surface area contributed by atoms with Crippen LogP contribution in [0.25, 0.3) is 0 Å². The highest BCUT2D eigenvalue weighted by molar-refractivity contribution is 5.85. The minimum atomic E-state index is 0. The van der Waals surface area contributed by atoms with Gasteiger partial charge >= 0.3 is 0 Å². The second-order valence-electron chi connectivity index (χ2n) is 3.83. The predicted molar refractivity (Wildman–Crippen MR) is 71.7 cm³/mol. The van der Waals surface area contributed by atoms with Crippen LogP contribution < -0.4 is 5.73 Å². The highest BCUT2D eigenvalue weighted by atomic mass is 35.5. The molecule has 1 fully saturated rings. The lowest BCUT2D eigenvalue weighted by Gasteiger charge is -2.26. The number of ether oxygens (including phenoxy) is 1. The standard InChI is InChI=1S/C10H18N4O.2ClH/c1-13-10(9(6-11)7-12-13)8-14-2-4-15-5-3-14;;/h7H,2-6,8,11H2,1H3;2*1H. The van der Waals surface area contributed by atoms with Crippen molar-refractivity contribution < 1.29 is 4.74 Å². The minimum absolute atomic E-state index is 0. The number of hydrogen-bond acceptors (Lipinski definition) is 4. The molecule has 5 nitrogen and oxygen atoms in total. The lowest BCUT2D eigenvalue weighted by atomic mass is 10.2. The average Bonchev–Trinajstić information content (AvgIpc) is 2.62. The number of nitrogens with zero attached hydrogens (tertiary/aromatic N) is 3. The Morgan fingerprint density at radius 3 is 2.59 bits per heavy atom. The molecule has 0 aliphatic carbocycles. The van der Waals surface area contributed by atoms with E-state index in [1.807, 2.05) is 17.9 Å². The van der Waals surface area contributed by atoms with Crippen molar-refractivity contribution in [2.45, 2.75) is 13.1 Å². The molecule has 1 aromatic rings. The molecule has 7 heteroatoms. The number of nitrogens with two attached hydrogens (primary N) is 1. The van der Waals surface area contributed by atoms with Gasteiger partial charge in [-0.25, -0.2) is 0 Å². The van der Waals surface area contributed by atoms with Gasteiger partial charge in [0.2, 0.25) is 0 Å². The van der Waals surface area contributed by atoms with E-state index in [-0.39, 0.29) is 24.8 Å². The maximum Gasteiger partial charge on any atom is 0.0594 e. The summed E-state index contributed by atoms with van der Waals surface area (Å²) in [7, 11) is 1.97. The van der Waals surface area contributed by atoms with Crippen LogP contribution in [0.3, 0.4) is 0 Å². The second kappa shape index (κ2) is 7.89. The van der Waals surface area contributed by atoms with Crippen LogP contribution in [0, 0.1) is 0 Å². The van der Waals surface area contributed by atoms with E-state index in [0.29, 0.717) is 6.54 Å². The zero-order chi connectivity index (χ0) is 10.7. The number of hydrogen-bond donors (Lipinski definition) is 1. The quantitative estimate of drug-likeness (QED) is 0.880.